The molecule has 6 heteroatoms. The van der Waals surface area contributed by atoms with E-state index in [4.69, 9.17) is 11.6 Å². The molecule has 0 aliphatic heterocycles. The highest BCUT2D eigenvalue weighted by molar-refractivity contribution is 6.30. The van der Waals surface area contributed by atoms with E-state index in [1.165, 1.54) is 12.3 Å². The van der Waals surface area contributed by atoms with Crippen LogP contribution in [0.5, 0.6) is 0 Å². The largest absolute Gasteiger partial charge is 0.350 e. The number of nitrogens with zero attached hydrogens (tertiary/aromatic N) is 1. The van der Waals surface area contributed by atoms with Crippen LogP contribution in [-0.4, -0.2) is 23.3 Å². The molecule has 0 atom stereocenters. The van der Waals surface area contributed by atoms with Crippen molar-refractivity contribution in [2.24, 2.45) is 0 Å². The van der Waals surface area contributed by atoms with Crippen molar-refractivity contribution < 1.29 is 9.59 Å². The topological polar surface area (TPSA) is 71.1 Å². The lowest BCUT2D eigenvalue weighted by molar-refractivity contribution is 0.0949. The first-order valence-electron chi connectivity index (χ1n) is 8.92. The van der Waals surface area contributed by atoms with Gasteiger partial charge < -0.3 is 10.6 Å². The van der Waals surface area contributed by atoms with Crippen molar-refractivity contribution in [1.29, 1.82) is 0 Å². The Morgan fingerprint density at radius 2 is 1.61 bits per heavy atom. The van der Waals surface area contributed by atoms with E-state index in [1.807, 2.05) is 42.5 Å². The molecule has 28 heavy (non-hydrogen) atoms. The number of nitrogens with one attached hydrogen (secondary N) is 2. The number of hydrogen-bond acceptors (Lipinski definition) is 3. The monoisotopic (exact) mass is 393 g/mol. The summed E-state index contributed by atoms with van der Waals surface area (Å²) < 4.78 is 0. The first-order valence-corrected chi connectivity index (χ1v) is 9.30. The highest BCUT2D eigenvalue weighted by atomic mass is 35.5. The lowest BCUT2D eigenvalue weighted by Crippen LogP contribution is -2.27. The molecule has 2 N–H and O–H groups in total. The van der Waals surface area contributed by atoms with E-state index in [0.717, 1.165) is 17.5 Å². The molecule has 1 aromatic heterocycles. The van der Waals surface area contributed by atoms with Crippen LogP contribution in [0.3, 0.4) is 0 Å². The molecule has 0 fully saturated rings. The average molecular weight is 394 g/mol. The average Bonchev–Trinajstić information content (AvgIpc) is 2.74. The van der Waals surface area contributed by atoms with Gasteiger partial charge in [0.05, 0.1) is 0 Å². The lowest BCUT2D eigenvalue weighted by Gasteiger charge is -2.08. The molecule has 0 bridgehead atoms. The van der Waals surface area contributed by atoms with E-state index < -0.39 is 0 Å². The van der Waals surface area contributed by atoms with Gasteiger partial charge in [-0.15, -0.1) is 0 Å². The van der Waals surface area contributed by atoms with Gasteiger partial charge in [-0.2, -0.15) is 0 Å². The highest BCUT2D eigenvalue weighted by Crippen LogP contribution is 2.10. The fourth-order valence-electron chi connectivity index (χ4n) is 2.64. The second-order valence-corrected chi connectivity index (χ2v) is 6.67. The zero-order chi connectivity index (χ0) is 19.8. The standard InChI is InChI=1S/C22H20ClN3O2/c23-19-8-6-17(7-9-19)15-26-21(27)18-11-13-24-20(14-18)22(28)25-12-10-16-4-2-1-3-5-16/h1-9,11,13-14H,10,12,15H2,(H,25,28)(H,26,27). The van der Waals surface area contributed by atoms with Gasteiger partial charge in [-0.1, -0.05) is 54.1 Å². The Labute approximate surface area is 168 Å². The van der Waals surface area contributed by atoms with Crippen molar-refractivity contribution in [2.75, 3.05) is 6.54 Å². The smallest absolute Gasteiger partial charge is 0.269 e. The Bertz CT molecular complexity index is 944. The Balaban J connectivity index is 1.54. The molecule has 2 amide bonds. The van der Waals surface area contributed by atoms with Crippen LogP contribution in [0.25, 0.3) is 0 Å². The minimum Gasteiger partial charge on any atom is -0.350 e. The summed E-state index contributed by atoms with van der Waals surface area (Å²) in [5.41, 5.74) is 2.68. The van der Waals surface area contributed by atoms with Gasteiger partial charge in [0.25, 0.3) is 11.8 Å². The van der Waals surface area contributed by atoms with Crippen LogP contribution in [0.4, 0.5) is 0 Å². The number of amides is 2. The maximum Gasteiger partial charge on any atom is 0.269 e. The van der Waals surface area contributed by atoms with Crippen LogP contribution in [0, 0.1) is 0 Å². The molecule has 2 aromatic carbocycles. The first-order chi connectivity index (χ1) is 13.6. The summed E-state index contributed by atoms with van der Waals surface area (Å²) in [6, 6.07) is 20.2. The molecule has 3 aromatic rings. The van der Waals surface area contributed by atoms with Gasteiger partial charge in [-0.05, 0) is 41.8 Å². The number of carbonyl (C=O) groups excluding carboxylic acids is 2. The summed E-state index contributed by atoms with van der Waals surface area (Å²) in [6.07, 6.45) is 2.19. The van der Waals surface area contributed by atoms with Crippen LogP contribution >= 0.6 is 11.6 Å². The first kappa shape index (κ1) is 19.6. The van der Waals surface area contributed by atoms with Crippen LogP contribution in [0.15, 0.2) is 72.9 Å². The van der Waals surface area contributed by atoms with Crippen molar-refractivity contribution in [3.8, 4) is 0 Å². The van der Waals surface area contributed by atoms with Crippen LogP contribution in [0.1, 0.15) is 32.0 Å². The molecule has 0 radical (unpaired) electrons. The SMILES string of the molecule is O=C(NCc1ccc(Cl)cc1)c1ccnc(C(=O)NCCc2ccccc2)c1. The summed E-state index contributed by atoms with van der Waals surface area (Å²) in [4.78, 5) is 28.7. The lowest BCUT2D eigenvalue weighted by atomic mass is 10.1. The molecule has 0 aliphatic carbocycles. The van der Waals surface area contributed by atoms with Gasteiger partial charge in [-0.25, -0.2) is 0 Å². The van der Waals surface area contributed by atoms with E-state index >= 15 is 0 Å². The summed E-state index contributed by atoms with van der Waals surface area (Å²) >= 11 is 5.86. The van der Waals surface area contributed by atoms with Crippen molar-refractivity contribution in [3.63, 3.8) is 0 Å². The molecule has 3 rings (SSSR count). The quantitative estimate of drug-likeness (QED) is 0.643. The van der Waals surface area contributed by atoms with Gasteiger partial charge >= 0.3 is 0 Å². The van der Waals surface area contributed by atoms with Crippen LogP contribution < -0.4 is 10.6 Å². The van der Waals surface area contributed by atoms with E-state index in [9.17, 15) is 9.59 Å². The summed E-state index contributed by atoms with van der Waals surface area (Å²) in [5, 5.41) is 6.30. The molecule has 0 saturated carbocycles. The molecule has 5 nitrogen and oxygen atoms in total. The summed E-state index contributed by atoms with van der Waals surface area (Å²) in [6.45, 7) is 0.869. The number of hydrogen-bond donors (Lipinski definition) is 2. The number of rotatable bonds is 7. The predicted octanol–water partition coefficient (Wildman–Crippen LogP) is 3.64. The predicted molar refractivity (Wildman–Crippen MR) is 109 cm³/mol. The number of carbonyl (C=O) groups is 2. The zero-order valence-corrected chi connectivity index (χ0v) is 15.9. The van der Waals surface area contributed by atoms with Crippen molar-refractivity contribution in [2.45, 2.75) is 13.0 Å². The Morgan fingerprint density at radius 1 is 0.857 bits per heavy atom. The third kappa shape index (κ3) is 5.66. The van der Waals surface area contributed by atoms with E-state index in [0.29, 0.717) is 23.7 Å². The van der Waals surface area contributed by atoms with Crippen LogP contribution in [0.2, 0.25) is 5.02 Å². The van der Waals surface area contributed by atoms with E-state index in [1.54, 1.807) is 18.2 Å². The van der Waals surface area contributed by atoms with Crippen molar-refractivity contribution >= 4 is 23.4 Å². The van der Waals surface area contributed by atoms with Gasteiger partial charge in [0, 0.05) is 29.9 Å². The minimum absolute atomic E-state index is 0.215. The number of pyridine rings is 1. The maximum atomic E-state index is 12.4. The molecule has 0 saturated heterocycles. The summed E-state index contributed by atoms with van der Waals surface area (Å²) in [5.74, 6) is -0.570. The number of aromatic nitrogens is 1. The Hall–Kier alpha value is -3.18. The molecule has 0 spiro atoms. The highest BCUT2D eigenvalue weighted by Gasteiger charge is 2.11. The zero-order valence-electron chi connectivity index (χ0n) is 15.2. The van der Waals surface area contributed by atoms with Crippen molar-refractivity contribution in [3.05, 3.63) is 100 Å². The molecular formula is C22H20ClN3O2. The second kappa shape index (κ2) is 9.67. The third-order valence-corrected chi connectivity index (χ3v) is 4.42. The van der Waals surface area contributed by atoms with Gasteiger partial charge in [0.15, 0.2) is 0 Å². The fourth-order valence-corrected chi connectivity index (χ4v) is 2.76. The maximum absolute atomic E-state index is 12.4. The normalized spacial score (nSPS) is 10.3. The second-order valence-electron chi connectivity index (χ2n) is 6.23. The van der Waals surface area contributed by atoms with Gasteiger partial charge in [0.2, 0.25) is 0 Å². The molecule has 142 valence electrons. The van der Waals surface area contributed by atoms with Gasteiger partial charge in [0.1, 0.15) is 5.69 Å². The van der Waals surface area contributed by atoms with E-state index in [-0.39, 0.29) is 17.5 Å². The molecule has 0 unspecified atom stereocenters. The fraction of sp³-hybridized carbons (Fsp3) is 0.136. The summed E-state index contributed by atoms with van der Waals surface area (Å²) in [7, 11) is 0. The number of benzene rings is 2. The minimum atomic E-state index is -0.303. The third-order valence-electron chi connectivity index (χ3n) is 4.16. The molecular weight excluding hydrogens is 374 g/mol. The van der Waals surface area contributed by atoms with Gasteiger partial charge in [-0.3, -0.25) is 14.6 Å². The van der Waals surface area contributed by atoms with Crippen LogP contribution in [-0.2, 0) is 13.0 Å². The van der Waals surface area contributed by atoms with Crippen molar-refractivity contribution in [1.82, 2.24) is 15.6 Å². The molecule has 0 aliphatic rings. The molecule has 1 heterocycles. The Kier molecular flexibility index (Phi) is 6.76. The number of halogens is 1. The Morgan fingerprint density at radius 3 is 2.36 bits per heavy atom. The van der Waals surface area contributed by atoms with E-state index in [2.05, 4.69) is 15.6 Å².